The normalized spacial score (nSPS) is 24.6. The summed E-state index contributed by atoms with van der Waals surface area (Å²) in [4.78, 5) is 0. The third-order valence-electron chi connectivity index (χ3n) is 7.91. The van der Waals surface area contributed by atoms with Crippen molar-refractivity contribution in [3.8, 4) is 0 Å². The fourth-order valence-corrected chi connectivity index (χ4v) is 5.74. The highest BCUT2D eigenvalue weighted by molar-refractivity contribution is 5.25. The molecular formula is C29H45F. The van der Waals surface area contributed by atoms with E-state index in [-0.39, 0.29) is 5.82 Å². The van der Waals surface area contributed by atoms with Crippen LogP contribution in [0.5, 0.6) is 0 Å². The fourth-order valence-electron chi connectivity index (χ4n) is 5.74. The van der Waals surface area contributed by atoms with E-state index < -0.39 is 0 Å². The van der Waals surface area contributed by atoms with Gasteiger partial charge in [0.2, 0.25) is 0 Å². The Morgan fingerprint density at radius 1 is 0.800 bits per heavy atom. The van der Waals surface area contributed by atoms with Crippen molar-refractivity contribution in [1.82, 2.24) is 0 Å². The summed E-state index contributed by atoms with van der Waals surface area (Å²) in [6.45, 7) is 4.49. The second-order valence-electron chi connectivity index (χ2n) is 10.3. The maximum atomic E-state index is 14.3. The van der Waals surface area contributed by atoms with Crippen molar-refractivity contribution in [3.63, 3.8) is 0 Å². The molecule has 0 saturated heterocycles. The number of benzene rings is 1. The van der Waals surface area contributed by atoms with Crippen LogP contribution in [0.1, 0.15) is 115 Å². The standard InChI is InChI=1S/C29H45F/c1-3-5-7-28-21-20-27(22-29(28)30)19-18-26-16-14-25(15-17-26)13-12-24-10-8-23(6-4-2)9-11-24/h16,20-25H,3-15,17-19H2,1-2H3/t23-,24-,25?. The second-order valence-corrected chi connectivity index (χ2v) is 10.3. The summed E-state index contributed by atoms with van der Waals surface area (Å²) in [6, 6.07) is 5.95. The summed E-state index contributed by atoms with van der Waals surface area (Å²) in [6.07, 6.45) is 23.3. The Morgan fingerprint density at radius 3 is 2.17 bits per heavy atom. The van der Waals surface area contributed by atoms with Crippen molar-refractivity contribution in [2.45, 2.75) is 117 Å². The molecule has 1 fully saturated rings. The lowest BCUT2D eigenvalue weighted by molar-refractivity contribution is 0.236. The monoisotopic (exact) mass is 412 g/mol. The summed E-state index contributed by atoms with van der Waals surface area (Å²) in [5.41, 5.74) is 3.66. The van der Waals surface area contributed by atoms with Crippen LogP contribution < -0.4 is 0 Å². The Balaban J connectivity index is 1.34. The number of hydrogen-bond acceptors (Lipinski definition) is 0. The van der Waals surface area contributed by atoms with Gasteiger partial charge in [0.1, 0.15) is 5.82 Å². The first-order valence-electron chi connectivity index (χ1n) is 13.1. The lowest BCUT2D eigenvalue weighted by atomic mass is 9.76. The van der Waals surface area contributed by atoms with Crippen molar-refractivity contribution < 1.29 is 4.39 Å². The third kappa shape index (κ3) is 7.54. The third-order valence-corrected chi connectivity index (χ3v) is 7.91. The molecule has 0 aliphatic heterocycles. The summed E-state index contributed by atoms with van der Waals surface area (Å²) in [5, 5.41) is 0. The predicted molar refractivity (Wildman–Crippen MR) is 128 cm³/mol. The van der Waals surface area contributed by atoms with Crippen LogP contribution in [0.15, 0.2) is 29.8 Å². The van der Waals surface area contributed by atoms with Crippen LogP contribution in [0.4, 0.5) is 4.39 Å². The van der Waals surface area contributed by atoms with Gasteiger partial charge >= 0.3 is 0 Å². The van der Waals surface area contributed by atoms with Crippen LogP contribution in [0.25, 0.3) is 0 Å². The maximum absolute atomic E-state index is 14.3. The van der Waals surface area contributed by atoms with Crippen LogP contribution in [-0.2, 0) is 12.8 Å². The highest BCUT2D eigenvalue weighted by Crippen LogP contribution is 2.36. The molecule has 1 unspecified atom stereocenters. The molecule has 0 nitrogen and oxygen atoms in total. The molecule has 1 atom stereocenters. The van der Waals surface area contributed by atoms with Gasteiger partial charge in [-0.05, 0) is 86.3 Å². The number of halogens is 1. The number of unbranched alkanes of at least 4 members (excludes halogenated alkanes) is 1. The Morgan fingerprint density at radius 2 is 1.53 bits per heavy atom. The molecule has 1 saturated carbocycles. The molecule has 0 N–H and O–H groups in total. The topological polar surface area (TPSA) is 0 Å². The van der Waals surface area contributed by atoms with Crippen LogP contribution in [0, 0.1) is 23.6 Å². The molecule has 3 rings (SSSR count). The van der Waals surface area contributed by atoms with Crippen molar-refractivity contribution >= 4 is 0 Å². The summed E-state index contributed by atoms with van der Waals surface area (Å²) >= 11 is 0. The molecule has 0 aromatic heterocycles. The number of aryl methyl sites for hydroxylation is 2. The van der Waals surface area contributed by atoms with Gasteiger partial charge in [0, 0.05) is 0 Å². The first-order valence-corrected chi connectivity index (χ1v) is 13.1. The first kappa shape index (κ1) is 23.6. The van der Waals surface area contributed by atoms with Crippen LogP contribution in [-0.4, -0.2) is 0 Å². The molecule has 2 aliphatic rings. The second kappa shape index (κ2) is 12.7. The minimum Gasteiger partial charge on any atom is -0.207 e. The van der Waals surface area contributed by atoms with Gasteiger partial charge in [-0.2, -0.15) is 0 Å². The Kier molecular flexibility index (Phi) is 9.95. The van der Waals surface area contributed by atoms with E-state index >= 15 is 0 Å². The molecule has 30 heavy (non-hydrogen) atoms. The number of rotatable bonds is 11. The zero-order valence-electron chi connectivity index (χ0n) is 19.7. The van der Waals surface area contributed by atoms with E-state index in [0.717, 1.165) is 61.0 Å². The largest absolute Gasteiger partial charge is 0.207 e. The number of hydrogen-bond donors (Lipinski definition) is 0. The molecule has 0 heterocycles. The van der Waals surface area contributed by atoms with Crippen LogP contribution in [0.2, 0.25) is 0 Å². The SMILES string of the molecule is CCCCc1ccc(CCC2=CCC(CC[C@H]3CC[C@H](CCC)CC3)CC2)cc1F. The van der Waals surface area contributed by atoms with Crippen molar-refractivity contribution in [3.05, 3.63) is 46.8 Å². The summed E-state index contributed by atoms with van der Waals surface area (Å²) < 4.78 is 14.3. The van der Waals surface area contributed by atoms with E-state index in [1.165, 1.54) is 70.6 Å². The van der Waals surface area contributed by atoms with Gasteiger partial charge in [0.05, 0.1) is 0 Å². The molecule has 0 radical (unpaired) electrons. The Hall–Kier alpha value is -1.11. The predicted octanol–water partition coefficient (Wildman–Crippen LogP) is 9.21. The zero-order chi connectivity index (χ0) is 21.2. The Labute approximate surface area is 185 Å². The quantitative estimate of drug-likeness (QED) is 0.318. The zero-order valence-corrected chi connectivity index (χ0v) is 19.7. The van der Waals surface area contributed by atoms with Gasteiger partial charge in [-0.1, -0.05) is 89.0 Å². The Bertz CT molecular complexity index is 650. The van der Waals surface area contributed by atoms with Crippen LogP contribution in [0.3, 0.4) is 0 Å². The average Bonchev–Trinajstić information content (AvgIpc) is 2.77. The highest BCUT2D eigenvalue weighted by Gasteiger charge is 2.22. The molecule has 1 heteroatoms. The van der Waals surface area contributed by atoms with E-state index in [4.69, 9.17) is 0 Å². The van der Waals surface area contributed by atoms with Gasteiger partial charge in [-0.15, -0.1) is 0 Å². The van der Waals surface area contributed by atoms with Gasteiger partial charge < -0.3 is 0 Å². The van der Waals surface area contributed by atoms with Gasteiger partial charge in [-0.25, -0.2) is 4.39 Å². The highest BCUT2D eigenvalue weighted by atomic mass is 19.1. The van der Waals surface area contributed by atoms with E-state index in [9.17, 15) is 4.39 Å². The van der Waals surface area contributed by atoms with E-state index in [1.807, 2.05) is 6.07 Å². The van der Waals surface area contributed by atoms with Gasteiger partial charge in [0.15, 0.2) is 0 Å². The van der Waals surface area contributed by atoms with Crippen molar-refractivity contribution in [2.75, 3.05) is 0 Å². The average molecular weight is 413 g/mol. The van der Waals surface area contributed by atoms with E-state index in [1.54, 1.807) is 11.6 Å². The molecule has 168 valence electrons. The molecule has 0 spiro atoms. The molecule has 0 amide bonds. The lowest BCUT2D eigenvalue weighted by Gasteiger charge is -2.30. The fraction of sp³-hybridized carbons (Fsp3) is 0.724. The minimum atomic E-state index is 0.00219. The van der Waals surface area contributed by atoms with Crippen molar-refractivity contribution in [1.29, 1.82) is 0 Å². The number of allylic oxidation sites excluding steroid dienone is 2. The molecule has 0 bridgehead atoms. The molecule has 1 aromatic rings. The molecular weight excluding hydrogens is 367 g/mol. The van der Waals surface area contributed by atoms with Crippen LogP contribution >= 0.6 is 0 Å². The smallest absolute Gasteiger partial charge is 0.126 e. The maximum Gasteiger partial charge on any atom is 0.126 e. The summed E-state index contributed by atoms with van der Waals surface area (Å²) in [7, 11) is 0. The van der Waals surface area contributed by atoms with Gasteiger partial charge in [0.25, 0.3) is 0 Å². The van der Waals surface area contributed by atoms with E-state index in [2.05, 4.69) is 26.0 Å². The van der Waals surface area contributed by atoms with E-state index in [0.29, 0.717) is 0 Å². The van der Waals surface area contributed by atoms with Crippen molar-refractivity contribution in [2.24, 2.45) is 17.8 Å². The summed E-state index contributed by atoms with van der Waals surface area (Å²) in [5.74, 6) is 2.96. The molecule has 2 aliphatic carbocycles. The van der Waals surface area contributed by atoms with Gasteiger partial charge in [-0.3, -0.25) is 0 Å². The first-order chi connectivity index (χ1) is 14.7. The minimum absolute atomic E-state index is 0.00219. The lowest BCUT2D eigenvalue weighted by Crippen LogP contribution is -2.16. The molecule has 1 aromatic carbocycles.